The maximum atomic E-state index is 13.1. The van der Waals surface area contributed by atoms with Crippen molar-refractivity contribution in [3.8, 4) is 11.8 Å². The number of hydrogen-bond acceptors (Lipinski definition) is 9. The van der Waals surface area contributed by atoms with Crippen molar-refractivity contribution in [1.82, 2.24) is 19.9 Å². The Balaban J connectivity index is 1.14. The van der Waals surface area contributed by atoms with Crippen molar-refractivity contribution in [2.45, 2.75) is 12.8 Å². The molecule has 1 saturated heterocycles. The van der Waals surface area contributed by atoms with Crippen molar-refractivity contribution in [3.63, 3.8) is 0 Å². The molecule has 0 aliphatic carbocycles. The van der Waals surface area contributed by atoms with E-state index in [1.165, 1.54) is 0 Å². The second-order valence-electron chi connectivity index (χ2n) is 9.86. The third kappa shape index (κ3) is 6.15. The van der Waals surface area contributed by atoms with E-state index in [2.05, 4.69) is 36.6 Å². The number of carbonyl (C=O) groups is 1. The van der Waals surface area contributed by atoms with Crippen LogP contribution in [0.4, 0.5) is 28.8 Å². The van der Waals surface area contributed by atoms with Crippen LogP contribution in [0.2, 0.25) is 5.02 Å². The molecule has 1 fully saturated rings. The van der Waals surface area contributed by atoms with Crippen molar-refractivity contribution < 1.29 is 9.53 Å². The first-order valence-corrected chi connectivity index (χ1v) is 13.7. The van der Waals surface area contributed by atoms with Crippen LogP contribution in [0.25, 0.3) is 0 Å². The number of nitrogens with one attached hydrogen (secondary N) is 2. The van der Waals surface area contributed by atoms with Crippen molar-refractivity contribution in [2.24, 2.45) is 0 Å². The molecule has 0 radical (unpaired) electrons. The van der Waals surface area contributed by atoms with Crippen molar-refractivity contribution in [2.75, 3.05) is 48.3 Å². The number of nitrogens with zero attached hydrogens (tertiary/aromatic N) is 6. The van der Waals surface area contributed by atoms with E-state index in [4.69, 9.17) is 21.6 Å². The first-order valence-electron chi connectivity index (χ1n) is 13.3. The van der Waals surface area contributed by atoms with Crippen LogP contribution >= 0.6 is 11.6 Å². The number of nitriles is 1. The lowest BCUT2D eigenvalue weighted by Gasteiger charge is -2.36. The zero-order valence-corrected chi connectivity index (χ0v) is 22.9. The summed E-state index contributed by atoms with van der Waals surface area (Å²) in [5.41, 5.74) is 5.27. The second-order valence-corrected chi connectivity index (χ2v) is 10.3. The number of pyridine rings is 1. The summed E-state index contributed by atoms with van der Waals surface area (Å²) in [4.78, 5) is 30.3. The first kappa shape index (κ1) is 26.3. The summed E-state index contributed by atoms with van der Waals surface area (Å²) in [7, 11) is 0. The number of amides is 1. The minimum atomic E-state index is -0.0493. The molecule has 11 heteroatoms. The van der Waals surface area contributed by atoms with E-state index in [0.29, 0.717) is 47.6 Å². The Bertz CT molecular complexity index is 1610. The highest BCUT2D eigenvalue weighted by molar-refractivity contribution is 6.32. The molecule has 0 atom stereocenters. The standard InChI is InChI=1S/C30H27ClN8O2/c31-26-18-34-30-36-24-13-21(16-33-17-24)1-4-22-14-23(35-29(26)37-30)5-8-27(22)41-19-28(40)39-11-9-38(10-12-39)25-6-2-20(15-32)3-7-25/h2-3,5-8,13-14,16-18H,1,4,9-12,19H2,(H2,34,35,36,37). The van der Waals surface area contributed by atoms with Gasteiger partial charge in [0.25, 0.3) is 5.91 Å². The summed E-state index contributed by atoms with van der Waals surface area (Å²) in [5, 5.41) is 15.9. The Morgan fingerprint density at radius 2 is 1.80 bits per heavy atom. The molecule has 4 heterocycles. The zero-order valence-electron chi connectivity index (χ0n) is 22.2. The lowest BCUT2D eigenvalue weighted by atomic mass is 10.0. The number of carbonyl (C=O) groups excluding carboxylic acids is 1. The van der Waals surface area contributed by atoms with Crippen LogP contribution in [0.5, 0.6) is 5.75 Å². The predicted molar refractivity (Wildman–Crippen MR) is 157 cm³/mol. The predicted octanol–water partition coefficient (Wildman–Crippen LogP) is 4.71. The van der Waals surface area contributed by atoms with Gasteiger partial charge in [0, 0.05) is 43.8 Å². The monoisotopic (exact) mass is 566 g/mol. The number of aromatic nitrogens is 3. The third-order valence-corrected chi connectivity index (χ3v) is 7.42. The highest BCUT2D eigenvalue weighted by Crippen LogP contribution is 2.30. The Morgan fingerprint density at radius 3 is 2.61 bits per heavy atom. The number of rotatable bonds is 4. The number of ether oxygens (including phenoxy) is 1. The van der Waals surface area contributed by atoms with Gasteiger partial charge in [-0.2, -0.15) is 10.2 Å². The number of piperazine rings is 1. The van der Waals surface area contributed by atoms with Crippen LogP contribution < -0.4 is 20.3 Å². The summed E-state index contributed by atoms with van der Waals surface area (Å²) < 4.78 is 6.10. The number of fused-ring (bicyclic) bond motifs is 6. The summed E-state index contributed by atoms with van der Waals surface area (Å²) in [6.45, 7) is 2.61. The number of hydrogen-bond donors (Lipinski definition) is 2. The molecule has 2 aromatic heterocycles. The molecule has 0 saturated carbocycles. The molecule has 2 N–H and O–H groups in total. The van der Waals surface area contributed by atoms with E-state index >= 15 is 0 Å². The van der Waals surface area contributed by atoms with Crippen LogP contribution in [0.1, 0.15) is 16.7 Å². The Kier molecular flexibility index (Phi) is 7.52. The van der Waals surface area contributed by atoms with Crippen LogP contribution in [0, 0.1) is 11.3 Å². The van der Waals surface area contributed by atoms with Crippen LogP contribution in [0.3, 0.4) is 0 Å². The molecule has 2 aliphatic rings. The minimum absolute atomic E-state index is 0.0430. The summed E-state index contributed by atoms with van der Waals surface area (Å²) >= 11 is 6.37. The highest BCUT2D eigenvalue weighted by atomic mass is 35.5. The second kappa shape index (κ2) is 11.7. The fraction of sp³-hybridized carbons (Fsp3) is 0.233. The molecule has 2 aliphatic heterocycles. The number of benzene rings is 2. The largest absolute Gasteiger partial charge is 0.483 e. The van der Waals surface area contributed by atoms with E-state index in [1.54, 1.807) is 12.4 Å². The van der Waals surface area contributed by atoms with E-state index in [0.717, 1.165) is 47.7 Å². The van der Waals surface area contributed by atoms with Gasteiger partial charge in [-0.25, -0.2) is 4.98 Å². The third-order valence-electron chi connectivity index (χ3n) is 7.15. The number of halogens is 1. The SMILES string of the molecule is N#Cc1ccc(N2CCN(C(=O)COc3ccc4cc3CCc3cncc(c3)Nc3ncc(Cl)c(n3)N4)CC2)cc1. The minimum Gasteiger partial charge on any atom is -0.483 e. The molecular formula is C30H27ClN8O2. The average Bonchev–Trinajstić information content (AvgIpc) is 3.01. The van der Waals surface area contributed by atoms with Gasteiger partial charge in [-0.15, -0.1) is 0 Å². The quantitative estimate of drug-likeness (QED) is 0.362. The van der Waals surface area contributed by atoms with E-state index in [-0.39, 0.29) is 12.5 Å². The first-order chi connectivity index (χ1) is 20.0. The van der Waals surface area contributed by atoms with Gasteiger partial charge in [-0.3, -0.25) is 9.78 Å². The van der Waals surface area contributed by atoms with Gasteiger partial charge in [-0.05, 0) is 72.5 Å². The molecule has 41 heavy (non-hydrogen) atoms. The molecule has 0 spiro atoms. The van der Waals surface area contributed by atoms with Crippen LogP contribution in [-0.4, -0.2) is 58.5 Å². The summed E-state index contributed by atoms with van der Waals surface area (Å²) in [6, 6.07) is 17.4. The van der Waals surface area contributed by atoms with Gasteiger partial charge in [0.2, 0.25) is 5.95 Å². The Labute approximate surface area is 242 Å². The normalized spacial score (nSPS) is 14.3. The molecule has 0 unspecified atom stereocenters. The smallest absolute Gasteiger partial charge is 0.260 e. The van der Waals surface area contributed by atoms with Crippen molar-refractivity contribution in [1.29, 1.82) is 5.26 Å². The van der Waals surface area contributed by atoms with Crippen molar-refractivity contribution in [3.05, 3.63) is 88.8 Å². The van der Waals surface area contributed by atoms with Crippen LogP contribution in [0.15, 0.2) is 67.1 Å². The molecule has 10 nitrogen and oxygen atoms in total. The lowest BCUT2D eigenvalue weighted by Crippen LogP contribution is -2.50. The molecule has 1 amide bonds. The Morgan fingerprint density at radius 1 is 0.976 bits per heavy atom. The number of aryl methyl sites for hydroxylation is 2. The topological polar surface area (TPSA) is 119 Å². The maximum Gasteiger partial charge on any atom is 0.260 e. The zero-order chi connectivity index (χ0) is 28.2. The van der Waals surface area contributed by atoms with E-state index in [9.17, 15) is 4.79 Å². The van der Waals surface area contributed by atoms with Crippen LogP contribution in [-0.2, 0) is 17.6 Å². The molecular weight excluding hydrogens is 540 g/mol. The molecule has 4 aromatic rings. The summed E-state index contributed by atoms with van der Waals surface area (Å²) in [5.74, 6) is 1.49. The van der Waals surface area contributed by atoms with Gasteiger partial charge in [0.05, 0.1) is 29.7 Å². The fourth-order valence-electron chi connectivity index (χ4n) is 4.94. The Hall–Kier alpha value is -4.88. The molecule has 2 aromatic carbocycles. The van der Waals surface area contributed by atoms with E-state index < -0.39 is 0 Å². The average molecular weight is 567 g/mol. The molecule has 6 bridgehead atoms. The lowest BCUT2D eigenvalue weighted by molar-refractivity contribution is -0.133. The van der Waals surface area contributed by atoms with E-state index in [1.807, 2.05) is 59.6 Å². The van der Waals surface area contributed by atoms with Gasteiger partial charge in [0.1, 0.15) is 10.8 Å². The van der Waals surface area contributed by atoms with Gasteiger partial charge in [0.15, 0.2) is 12.4 Å². The van der Waals surface area contributed by atoms with Gasteiger partial charge >= 0.3 is 0 Å². The number of anilines is 5. The highest BCUT2D eigenvalue weighted by Gasteiger charge is 2.22. The van der Waals surface area contributed by atoms with Gasteiger partial charge in [-0.1, -0.05) is 11.6 Å². The van der Waals surface area contributed by atoms with Gasteiger partial charge < -0.3 is 25.2 Å². The fourth-order valence-corrected chi connectivity index (χ4v) is 5.08. The summed E-state index contributed by atoms with van der Waals surface area (Å²) in [6.07, 6.45) is 6.52. The van der Waals surface area contributed by atoms with Crippen molar-refractivity contribution >= 4 is 46.3 Å². The molecule has 6 rings (SSSR count). The maximum absolute atomic E-state index is 13.1. The molecule has 206 valence electrons.